The first-order chi connectivity index (χ1) is 10.2. The van der Waals surface area contributed by atoms with Crippen LogP contribution in [0.3, 0.4) is 0 Å². The van der Waals surface area contributed by atoms with Crippen molar-refractivity contribution < 1.29 is 14.3 Å². The van der Waals surface area contributed by atoms with Crippen molar-refractivity contribution in [2.75, 3.05) is 26.4 Å². The van der Waals surface area contributed by atoms with E-state index in [1.54, 1.807) is 0 Å². The van der Waals surface area contributed by atoms with E-state index in [2.05, 4.69) is 5.32 Å². The highest BCUT2D eigenvalue weighted by Gasteiger charge is 2.14. The van der Waals surface area contributed by atoms with Crippen LogP contribution in [0.5, 0.6) is 0 Å². The van der Waals surface area contributed by atoms with Gasteiger partial charge >= 0.3 is 0 Å². The van der Waals surface area contributed by atoms with Gasteiger partial charge in [0.05, 0.1) is 19.1 Å². The number of rotatable bonds is 8. The lowest BCUT2D eigenvalue weighted by Gasteiger charge is -2.10. The molecule has 1 saturated heterocycles. The molecule has 1 aliphatic rings. The molecule has 2 rings (SSSR count). The standard InChI is InChI=1S/C17H25NO3/c1-14-5-7-15(8-6-14)12-17(19)18-9-3-10-20-13-16-4-2-11-21-16/h5-8,16H,2-4,9-13H2,1H3,(H,18,19). The quantitative estimate of drug-likeness (QED) is 0.747. The molecular weight excluding hydrogens is 266 g/mol. The maximum Gasteiger partial charge on any atom is 0.224 e. The van der Waals surface area contributed by atoms with Crippen molar-refractivity contribution in [1.82, 2.24) is 5.32 Å². The molecule has 0 saturated carbocycles. The molecular formula is C17H25NO3. The highest BCUT2D eigenvalue weighted by atomic mass is 16.5. The lowest BCUT2D eigenvalue weighted by atomic mass is 10.1. The fourth-order valence-corrected chi connectivity index (χ4v) is 2.35. The second-order valence-corrected chi connectivity index (χ2v) is 5.58. The summed E-state index contributed by atoms with van der Waals surface area (Å²) in [7, 11) is 0. The van der Waals surface area contributed by atoms with E-state index in [1.807, 2.05) is 31.2 Å². The van der Waals surface area contributed by atoms with Crippen LogP contribution in [-0.4, -0.2) is 38.4 Å². The molecule has 1 atom stereocenters. The summed E-state index contributed by atoms with van der Waals surface area (Å²) in [6.07, 6.45) is 3.81. The Labute approximate surface area is 126 Å². The Morgan fingerprint density at radius 2 is 2.19 bits per heavy atom. The number of amides is 1. The maximum absolute atomic E-state index is 11.8. The second-order valence-electron chi connectivity index (χ2n) is 5.58. The van der Waals surface area contributed by atoms with Crippen molar-refractivity contribution in [3.63, 3.8) is 0 Å². The Morgan fingerprint density at radius 1 is 1.38 bits per heavy atom. The predicted octanol–water partition coefficient (Wildman–Crippen LogP) is 2.24. The summed E-state index contributed by atoms with van der Waals surface area (Å²) in [6.45, 7) is 4.92. The number of hydrogen-bond acceptors (Lipinski definition) is 3. The Morgan fingerprint density at radius 3 is 2.90 bits per heavy atom. The molecule has 1 aliphatic heterocycles. The molecule has 0 bridgehead atoms. The maximum atomic E-state index is 11.8. The van der Waals surface area contributed by atoms with Crippen molar-refractivity contribution in [1.29, 1.82) is 0 Å². The first-order valence-electron chi connectivity index (χ1n) is 7.75. The van der Waals surface area contributed by atoms with Gasteiger partial charge < -0.3 is 14.8 Å². The molecule has 1 N–H and O–H groups in total. The number of ether oxygens (including phenoxy) is 2. The lowest BCUT2D eigenvalue weighted by Crippen LogP contribution is -2.27. The summed E-state index contributed by atoms with van der Waals surface area (Å²) < 4.78 is 11.0. The normalized spacial score (nSPS) is 17.9. The van der Waals surface area contributed by atoms with Crippen LogP contribution in [0.4, 0.5) is 0 Å². The first kappa shape index (κ1) is 16.0. The minimum Gasteiger partial charge on any atom is -0.379 e. The van der Waals surface area contributed by atoms with Crippen LogP contribution in [0.15, 0.2) is 24.3 Å². The summed E-state index contributed by atoms with van der Waals surface area (Å²) in [5, 5.41) is 2.92. The Bertz CT molecular complexity index is 424. The van der Waals surface area contributed by atoms with Crippen LogP contribution in [0.2, 0.25) is 0 Å². The van der Waals surface area contributed by atoms with Crippen molar-refractivity contribution in [3.05, 3.63) is 35.4 Å². The van der Waals surface area contributed by atoms with Crippen LogP contribution in [0.1, 0.15) is 30.4 Å². The van der Waals surface area contributed by atoms with E-state index in [0.717, 1.165) is 31.4 Å². The van der Waals surface area contributed by atoms with E-state index >= 15 is 0 Å². The molecule has 0 spiro atoms. The van der Waals surface area contributed by atoms with Gasteiger partial charge in [-0.1, -0.05) is 29.8 Å². The molecule has 1 amide bonds. The van der Waals surface area contributed by atoms with Gasteiger partial charge in [-0.3, -0.25) is 4.79 Å². The molecule has 1 aromatic rings. The number of carbonyl (C=O) groups excluding carboxylic acids is 1. The molecule has 0 aliphatic carbocycles. The molecule has 4 nitrogen and oxygen atoms in total. The van der Waals surface area contributed by atoms with Crippen LogP contribution >= 0.6 is 0 Å². The van der Waals surface area contributed by atoms with Crippen molar-refractivity contribution >= 4 is 5.91 Å². The average Bonchev–Trinajstić information content (AvgIpc) is 2.98. The first-order valence-corrected chi connectivity index (χ1v) is 7.75. The van der Waals surface area contributed by atoms with Crippen LogP contribution < -0.4 is 5.32 Å². The molecule has 1 fully saturated rings. The summed E-state index contributed by atoms with van der Waals surface area (Å²) in [5.74, 6) is 0.0676. The Kier molecular flexibility index (Phi) is 6.70. The highest BCUT2D eigenvalue weighted by Crippen LogP contribution is 2.11. The van der Waals surface area contributed by atoms with Gasteiger partial charge in [0.15, 0.2) is 0 Å². The summed E-state index contributed by atoms with van der Waals surface area (Å²) in [4.78, 5) is 11.8. The second kappa shape index (κ2) is 8.80. The topological polar surface area (TPSA) is 47.6 Å². The summed E-state index contributed by atoms with van der Waals surface area (Å²) in [6, 6.07) is 8.06. The van der Waals surface area contributed by atoms with Gasteiger partial charge in [-0.05, 0) is 31.7 Å². The third-order valence-corrected chi connectivity index (χ3v) is 3.60. The molecule has 1 aromatic carbocycles. The number of hydrogen-bond donors (Lipinski definition) is 1. The van der Waals surface area contributed by atoms with Gasteiger partial charge in [-0.2, -0.15) is 0 Å². The zero-order valence-electron chi connectivity index (χ0n) is 12.8. The lowest BCUT2D eigenvalue weighted by molar-refractivity contribution is -0.120. The van der Waals surface area contributed by atoms with E-state index in [9.17, 15) is 4.79 Å². The number of carbonyl (C=O) groups is 1. The highest BCUT2D eigenvalue weighted by molar-refractivity contribution is 5.78. The Balaban J connectivity index is 1.49. The van der Waals surface area contributed by atoms with Crippen LogP contribution in [-0.2, 0) is 20.7 Å². The number of aryl methyl sites for hydroxylation is 1. The van der Waals surface area contributed by atoms with E-state index in [4.69, 9.17) is 9.47 Å². The fourth-order valence-electron chi connectivity index (χ4n) is 2.35. The molecule has 0 aromatic heterocycles. The Hall–Kier alpha value is -1.39. The van der Waals surface area contributed by atoms with Crippen LogP contribution in [0.25, 0.3) is 0 Å². The van der Waals surface area contributed by atoms with Gasteiger partial charge in [0.1, 0.15) is 0 Å². The summed E-state index contributed by atoms with van der Waals surface area (Å²) in [5.41, 5.74) is 2.26. The SMILES string of the molecule is Cc1ccc(CC(=O)NCCCOCC2CCCO2)cc1. The number of nitrogens with one attached hydrogen (secondary N) is 1. The largest absolute Gasteiger partial charge is 0.379 e. The van der Waals surface area contributed by atoms with Gasteiger partial charge in [0.25, 0.3) is 0 Å². The van der Waals surface area contributed by atoms with Crippen LogP contribution in [0, 0.1) is 6.92 Å². The molecule has 4 heteroatoms. The predicted molar refractivity (Wildman–Crippen MR) is 82.3 cm³/mol. The van der Waals surface area contributed by atoms with Gasteiger partial charge in [-0.15, -0.1) is 0 Å². The third-order valence-electron chi connectivity index (χ3n) is 3.60. The third kappa shape index (κ3) is 6.27. The average molecular weight is 291 g/mol. The van der Waals surface area contributed by atoms with E-state index in [1.165, 1.54) is 5.56 Å². The van der Waals surface area contributed by atoms with E-state index in [0.29, 0.717) is 26.2 Å². The molecule has 1 heterocycles. The molecule has 0 radical (unpaired) electrons. The van der Waals surface area contributed by atoms with Gasteiger partial charge in [0, 0.05) is 19.8 Å². The molecule has 21 heavy (non-hydrogen) atoms. The molecule has 116 valence electrons. The van der Waals surface area contributed by atoms with Gasteiger partial charge in [0.2, 0.25) is 5.91 Å². The van der Waals surface area contributed by atoms with Gasteiger partial charge in [-0.25, -0.2) is 0 Å². The zero-order valence-corrected chi connectivity index (χ0v) is 12.8. The monoisotopic (exact) mass is 291 g/mol. The smallest absolute Gasteiger partial charge is 0.224 e. The minimum absolute atomic E-state index is 0.0676. The molecule has 1 unspecified atom stereocenters. The fraction of sp³-hybridized carbons (Fsp3) is 0.588. The zero-order chi connectivity index (χ0) is 14.9. The summed E-state index contributed by atoms with van der Waals surface area (Å²) >= 11 is 0. The minimum atomic E-state index is 0.0676. The van der Waals surface area contributed by atoms with Crippen molar-refractivity contribution in [2.45, 2.75) is 38.7 Å². The number of benzene rings is 1. The van der Waals surface area contributed by atoms with E-state index < -0.39 is 0 Å². The van der Waals surface area contributed by atoms with Crippen molar-refractivity contribution in [3.8, 4) is 0 Å². The van der Waals surface area contributed by atoms with E-state index in [-0.39, 0.29) is 12.0 Å². The van der Waals surface area contributed by atoms with Crippen molar-refractivity contribution in [2.24, 2.45) is 0 Å².